The third kappa shape index (κ3) is 14.3. The number of nitrogens with zero attached hydrogens (tertiary/aromatic N) is 1. The Balaban J connectivity index is 0.000000310. The highest BCUT2D eigenvalue weighted by molar-refractivity contribution is 8.45. The smallest absolute Gasteiger partial charge is 0.407 e. The van der Waals surface area contributed by atoms with Gasteiger partial charge in [-0.25, -0.2) is 9.89 Å². The van der Waals surface area contributed by atoms with Crippen molar-refractivity contribution in [1.29, 1.82) is 0 Å². The molecule has 3 aromatic rings. The Morgan fingerprint density at radius 3 is 2.16 bits per heavy atom. The molecule has 0 bridgehead atoms. The number of aromatic nitrogens is 2. The largest absolute Gasteiger partial charge is 0.444 e. The van der Waals surface area contributed by atoms with Crippen LogP contribution in [0.25, 0.3) is 10.8 Å². The number of H-pyrrole nitrogens is 1. The molecule has 13 heteroatoms. The van der Waals surface area contributed by atoms with Crippen molar-refractivity contribution in [3.8, 4) is 0 Å². The summed E-state index contributed by atoms with van der Waals surface area (Å²) in [5, 5.41) is 10.3. The highest BCUT2D eigenvalue weighted by Crippen LogP contribution is 3.02. The Labute approximate surface area is 335 Å². The Kier molecular flexibility index (Phi) is 16.3. The number of benzene rings is 2. The second-order valence-electron chi connectivity index (χ2n) is 15.4. The number of rotatable bonds is 10. The number of hydrogen-bond acceptors (Lipinski definition) is 5. The van der Waals surface area contributed by atoms with Gasteiger partial charge in [-0.2, -0.15) is 5.10 Å². The van der Waals surface area contributed by atoms with Crippen LogP contribution in [0, 0.1) is 11.8 Å². The van der Waals surface area contributed by atoms with E-state index in [2.05, 4.69) is 55.0 Å². The van der Waals surface area contributed by atoms with Gasteiger partial charge in [-0.1, -0.05) is 109 Å². The number of carbonyl (C=O) groups excluding carboxylic acids is 2. The summed E-state index contributed by atoms with van der Waals surface area (Å²) in [5.74, 6) is 1.77. The van der Waals surface area contributed by atoms with E-state index >= 15 is 0 Å². The van der Waals surface area contributed by atoms with Crippen molar-refractivity contribution < 1.29 is 33.8 Å². The third-order valence-electron chi connectivity index (χ3n) is 10.2. The van der Waals surface area contributed by atoms with Crippen LogP contribution in [0.4, 0.5) is 24.2 Å². The van der Waals surface area contributed by atoms with Gasteiger partial charge in [0.25, 0.3) is 5.56 Å². The van der Waals surface area contributed by atoms with Gasteiger partial charge in [-0.15, -0.1) is 0 Å². The molecule has 318 valence electrons. The van der Waals surface area contributed by atoms with Crippen molar-refractivity contribution in [2.45, 2.75) is 137 Å². The monoisotopic (exact) mass is 823 g/mol. The highest BCUT2D eigenvalue weighted by atomic mass is 32.5. The van der Waals surface area contributed by atoms with E-state index in [1.807, 2.05) is 32.1 Å². The average molecular weight is 824 g/mol. The van der Waals surface area contributed by atoms with Gasteiger partial charge in [0.05, 0.1) is 23.0 Å². The van der Waals surface area contributed by atoms with Gasteiger partial charge in [0.2, 0.25) is 0 Å². The van der Waals surface area contributed by atoms with E-state index in [1.54, 1.807) is 51.8 Å². The number of alkyl carbamates (subject to hydrolysis) is 1. The number of halogens is 5. The number of hydrogen-bond donors (Lipinski definition) is 2. The molecule has 2 atom stereocenters. The number of aromatic amines is 1. The molecule has 57 heavy (non-hydrogen) atoms. The third-order valence-corrected chi connectivity index (χ3v) is 11.4. The van der Waals surface area contributed by atoms with Crippen molar-refractivity contribution >= 4 is 32.9 Å². The Morgan fingerprint density at radius 2 is 1.67 bits per heavy atom. The van der Waals surface area contributed by atoms with E-state index in [0.717, 1.165) is 42.4 Å². The van der Waals surface area contributed by atoms with Crippen LogP contribution < -0.4 is 10.9 Å². The lowest BCUT2D eigenvalue weighted by molar-refractivity contribution is -0.119. The first kappa shape index (κ1) is 48.9. The molecule has 1 amide bonds. The van der Waals surface area contributed by atoms with Crippen LogP contribution in [0.5, 0.6) is 0 Å². The number of aryl methyl sites for hydroxylation is 1. The molecule has 1 aromatic heterocycles. The summed E-state index contributed by atoms with van der Waals surface area (Å²) in [6.07, 6.45) is 13.0. The minimum absolute atomic E-state index is 0.110. The standard InChI is InChI=1S/C19H23N3O4.C15H24.C8H9F5S.C2H6/c1-11(23)19(7-8-19)12-5-6-13-14(9-12)15(21-22-16(13)24)10-20-17(25)26-18(2,3)4;1-5-7-9-14-10-8-11-15(13(14)4)12(3)6-2;1-2-7-3-5-8(6-4-7)14(9,10,11,12)13;1-2/h5-6,9H,7-8,10H2,1-4H3,(H,20,25)(H,22,24);5,7,9,12,15H,1,6,8,10-11H2,2-4H3;3-6H,2H2,1H3;1-2H3/b;9-7-;;. The van der Waals surface area contributed by atoms with Gasteiger partial charge in [0.15, 0.2) is 0 Å². The summed E-state index contributed by atoms with van der Waals surface area (Å²) in [7, 11) is -9.47. The zero-order chi connectivity index (χ0) is 43.5. The molecule has 0 radical (unpaired) electrons. The maximum Gasteiger partial charge on any atom is 0.407 e. The fourth-order valence-corrected chi connectivity index (χ4v) is 7.28. The fourth-order valence-electron chi connectivity index (χ4n) is 6.63. The molecule has 0 spiro atoms. The minimum Gasteiger partial charge on any atom is -0.444 e. The Morgan fingerprint density at radius 1 is 1.05 bits per heavy atom. The number of ether oxygens (including phenoxy) is 1. The van der Waals surface area contributed by atoms with Crippen LogP contribution in [0.3, 0.4) is 0 Å². The molecule has 0 aliphatic heterocycles. The van der Waals surface area contributed by atoms with Crippen LogP contribution in [-0.2, 0) is 27.9 Å². The highest BCUT2D eigenvalue weighted by Gasteiger charge is 2.65. The van der Waals surface area contributed by atoms with E-state index in [1.165, 1.54) is 25.7 Å². The van der Waals surface area contributed by atoms with Crippen molar-refractivity contribution in [2.75, 3.05) is 0 Å². The molecule has 1 heterocycles. The van der Waals surface area contributed by atoms with E-state index in [0.29, 0.717) is 40.6 Å². The molecule has 2 unspecified atom stereocenters. The fraction of sp³-hybridized carbons (Fsp3) is 0.500. The topological polar surface area (TPSA) is 101 Å². The zero-order valence-corrected chi connectivity index (χ0v) is 36.0. The Bertz CT molecular complexity index is 1980. The maximum absolute atomic E-state index is 12.2. The summed E-state index contributed by atoms with van der Waals surface area (Å²) in [4.78, 5) is 34.1. The van der Waals surface area contributed by atoms with E-state index in [-0.39, 0.29) is 17.9 Å². The lowest BCUT2D eigenvalue weighted by Crippen LogP contribution is -2.32. The van der Waals surface area contributed by atoms with Gasteiger partial charge in [-0.05, 0) is 126 Å². The van der Waals surface area contributed by atoms with Gasteiger partial charge in [0, 0.05) is 5.39 Å². The van der Waals surface area contributed by atoms with Crippen molar-refractivity contribution in [1.82, 2.24) is 15.5 Å². The van der Waals surface area contributed by atoms with Crippen LogP contribution in [0.1, 0.15) is 125 Å². The molecular weight excluding hydrogens is 762 g/mol. The van der Waals surface area contributed by atoms with Gasteiger partial charge in [-0.3, -0.25) is 9.59 Å². The van der Waals surface area contributed by atoms with Crippen molar-refractivity contribution in [3.63, 3.8) is 0 Å². The number of fused-ring (bicyclic) bond motifs is 1. The number of nitrogens with one attached hydrogen (secondary N) is 2. The number of amides is 1. The molecule has 5 rings (SSSR count). The second kappa shape index (κ2) is 19.0. The summed E-state index contributed by atoms with van der Waals surface area (Å²) in [5.41, 5.74) is 3.83. The summed E-state index contributed by atoms with van der Waals surface area (Å²) in [6.45, 7) is 23.5. The van der Waals surface area contributed by atoms with Gasteiger partial charge >= 0.3 is 16.3 Å². The molecule has 2 aromatic carbocycles. The van der Waals surface area contributed by atoms with E-state index in [9.17, 15) is 33.8 Å². The molecule has 7 nitrogen and oxygen atoms in total. The average Bonchev–Trinajstić information content (AvgIpc) is 3.96. The number of Topliss-reactive ketones (excluding diaryl/α,β-unsaturated/α-hetero) is 1. The van der Waals surface area contributed by atoms with Crippen molar-refractivity contribution in [2.24, 2.45) is 11.8 Å². The van der Waals surface area contributed by atoms with E-state index < -0.39 is 32.2 Å². The first-order valence-corrected chi connectivity index (χ1v) is 21.6. The number of ketones is 1. The van der Waals surface area contributed by atoms with Gasteiger partial charge in [0.1, 0.15) is 16.3 Å². The SMILES string of the molecule is C=C/C=C\C1=C(C)C(C(C)CC)CCC1.CC.CC(=O)C1(c2ccc3c(=O)[nH]nc(CNC(=O)OC(C)(C)C)c3c2)CC1.CCc1ccc(S(F)(F)(F)(F)F)cc1. The van der Waals surface area contributed by atoms with Crippen LogP contribution >= 0.6 is 10.2 Å². The predicted octanol–water partition coefficient (Wildman–Crippen LogP) is 13.4. The molecule has 1 saturated carbocycles. The molecule has 0 saturated heterocycles. The molecule has 2 aliphatic carbocycles. The first-order chi connectivity index (χ1) is 26.3. The molecule has 2 aliphatic rings. The molecular formula is C44H62F5N3O4S. The number of carbonyl (C=O) groups is 2. The van der Waals surface area contributed by atoms with Crippen LogP contribution in [0.2, 0.25) is 0 Å². The van der Waals surface area contributed by atoms with Crippen LogP contribution in [0.15, 0.2) is 88.1 Å². The zero-order valence-electron chi connectivity index (χ0n) is 35.2. The molecule has 1 fully saturated rings. The normalized spacial score (nSPS) is 17.9. The predicted molar refractivity (Wildman–Crippen MR) is 224 cm³/mol. The maximum atomic E-state index is 12.2. The minimum atomic E-state index is -9.47. The summed E-state index contributed by atoms with van der Waals surface area (Å²) >= 11 is 0. The molecule has 2 N–H and O–H groups in total. The second-order valence-corrected chi connectivity index (χ2v) is 17.8. The van der Waals surface area contributed by atoms with E-state index in [4.69, 9.17) is 4.74 Å². The lowest BCUT2D eigenvalue weighted by Gasteiger charge is -2.40. The summed E-state index contributed by atoms with van der Waals surface area (Å²) < 4.78 is 66.1. The quantitative estimate of drug-likeness (QED) is 0.157. The summed E-state index contributed by atoms with van der Waals surface area (Å²) in [6, 6.07) is 8.38. The van der Waals surface area contributed by atoms with Gasteiger partial charge < -0.3 is 10.1 Å². The Hall–Kier alpha value is -4.26. The first-order valence-electron chi connectivity index (χ1n) is 19.7. The van der Waals surface area contributed by atoms with Crippen LogP contribution in [-0.4, -0.2) is 27.7 Å². The number of allylic oxidation sites excluding steroid dienone is 5. The van der Waals surface area contributed by atoms with Crippen molar-refractivity contribution in [3.05, 3.63) is 106 Å². The lowest BCUT2D eigenvalue weighted by atomic mass is 9.76.